The van der Waals surface area contributed by atoms with Crippen LogP contribution in [0, 0.1) is 23.0 Å². The van der Waals surface area contributed by atoms with Gasteiger partial charge in [-0.3, -0.25) is 0 Å². The minimum Gasteiger partial charge on any atom is -0.376 e. The van der Waals surface area contributed by atoms with Crippen molar-refractivity contribution in [3.63, 3.8) is 0 Å². The van der Waals surface area contributed by atoms with E-state index in [4.69, 9.17) is 15.7 Å². The van der Waals surface area contributed by atoms with Crippen LogP contribution in [-0.2, 0) is 4.74 Å². The summed E-state index contributed by atoms with van der Waals surface area (Å²) >= 11 is 0. The third-order valence-electron chi connectivity index (χ3n) is 3.23. The summed E-state index contributed by atoms with van der Waals surface area (Å²) in [6.45, 7) is 2.37. The summed E-state index contributed by atoms with van der Waals surface area (Å²) < 4.78 is 32.9. The second kappa shape index (κ2) is 5.51. The summed E-state index contributed by atoms with van der Waals surface area (Å²) in [7, 11) is 0. The zero-order valence-corrected chi connectivity index (χ0v) is 10.5. The molecule has 1 aliphatic carbocycles. The van der Waals surface area contributed by atoms with Gasteiger partial charge in [-0.2, -0.15) is 5.26 Å². The molecule has 1 fully saturated rings. The first kappa shape index (κ1) is 13.7. The van der Waals surface area contributed by atoms with Gasteiger partial charge in [0.05, 0.1) is 23.8 Å². The van der Waals surface area contributed by atoms with E-state index in [1.807, 2.05) is 6.92 Å². The topological polar surface area (TPSA) is 71.1 Å². The van der Waals surface area contributed by atoms with E-state index in [2.05, 4.69) is 5.32 Å². The lowest BCUT2D eigenvalue weighted by molar-refractivity contribution is -0.0127. The van der Waals surface area contributed by atoms with Crippen LogP contribution in [-0.4, -0.2) is 24.8 Å². The minimum absolute atomic E-state index is 0.0557. The lowest BCUT2D eigenvalue weighted by Crippen LogP contribution is -2.60. The Labute approximate surface area is 110 Å². The fraction of sp³-hybridized carbons (Fsp3) is 0.462. The number of hydrogen-bond acceptors (Lipinski definition) is 4. The Bertz CT molecular complexity index is 490. The molecule has 0 radical (unpaired) electrons. The third kappa shape index (κ3) is 2.67. The number of nitrogens with one attached hydrogen (secondary N) is 1. The zero-order valence-electron chi connectivity index (χ0n) is 10.5. The Kier molecular flexibility index (Phi) is 3.98. The normalized spacial score (nSPS) is 25.5. The van der Waals surface area contributed by atoms with E-state index in [1.54, 1.807) is 6.07 Å². The van der Waals surface area contributed by atoms with Crippen molar-refractivity contribution in [1.82, 2.24) is 0 Å². The first-order valence-corrected chi connectivity index (χ1v) is 6.09. The molecule has 0 heterocycles. The van der Waals surface area contributed by atoms with Gasteiger partial charge in [-0.25, -0.2) is 8.78 Å². The molecule has 0 aromatic heterocycles. The van der Waals surface area contributed by atoms with Gasteiger partial charge in [0.2, 0.25) is 0 Å². The SMILES string of the molecule is CCOC1CC(N)C1Nc1c(F)cc(C#N)cc1F. The Morgan fingerprint density at radius 1 is 1.47 bits per heavy atom. The molecule has 0 aliphatic heterocycles. The fourth-order valence-corrected chi connectivity index (χ4v) is 2.17. The van der Waals surface area contributed by atoms with Crippen LogP contribution in [0.1, 0.15) is 18.9 Å². The highest BCUT2D eigenvalue weighted by Gasteiger charge is 2.40. The van der Waals surface area contributed by atoms with Crippen LogP contribution in [0.2, 0.25) is 0 Å². The van der Waals surface area contributed by atoms with Crippen LogP contribution in [0.15, 0.2) is 12.1 Å². The molecule has 0 amide bonds. The molecule has 0 saturated heterocycles. The first-order chi connectivity index (χ1) is 9.06. The number of hydrogen-bond donors (Lipinski definition) is 2. The van der Waals surface area contributed by atoms with Crippen molar-refractivity contribution in [3.05, 3.63) is 29.3 Å². The van der Waals surface area contributed by atoms with Crippen molar-refractivity contribution in [3.8, 4) is 6.07 Å². The molecule has 19 heavy (non-hydrogen) atoms. The number of benzene rings is 1. The standard InChI is InChI=1S/C13H15F2N3O/c1-2-19-11-5-10(17)13(11)18-12-8(14)3-7(6-16)4-9(12)15/h3-4,10-11,13,18H,2,5,17H2,1H3. The van der Waals surface area contributed by atoms with Crippen LogP contribution in [0.5, 0.6) is 0 Å². The quantitative estimate of drug-likeness (QED) is 0.872. The first-order valence-electron chi connectivity index (χ1n) is 6.09. The van der Waals surface area contributed by atoms with Gasteiger partial charge in [-0.05, 0) is 25.5 Å². The molecule has 4 nitrogen and oxygen atoms in total. The highest BCUT2D eigenvalue weighted by Crippen LogP contribution is 2.29. The van der Waals surface area contributed by atoms with Gasteiger partial charge >= 0.3 is 0 Å². The predicted octanol–water partition coefficient (Wildman–Crippen LogP) is 1.75. The maximum absolute atomic E-state index is 13.7. The fourth-order valence-electron chi connectivity index (χ4n) is 2.17. The van der Waals surface area contributed by atoms with E-state index in [9.17, 15) is 8.78 Å². The lowest BCUT2D eigenvalue weighted by Gasteiger charge is -2.43. The van der Waals surface area contributed by atoms with Gasteiger partial charge in [-0.1, -0.05) is 0 Å². The molecule has 1 saturated carbocycles. The molecule has 3 atom stereocenters. The molecule has 0 bridgehead atoms. The van der Waals surface area contributed by atoms with Crippen molar-refractivity contribution < 1.29 is 13.5 Å². The molecule has 1 aliphatic rings. The van der Waals surface area contributed by atoms with Crippen molar-refractivity contribution in [2.45, 2.75) is 31.5 Å². The van der Waals surface area contributed by atoms with E-state index in [0.717, 1.165) is 12.1 Å². The molecular weight excluding hydrogens is 252 g/mol. The van der Waals surface area contributed by atoms with Gasteiger partial charge in [0.25, 0.3) is 0 Å². The van der Waals surface area contributed by atoms with Crippen LogP contribution < -0.4 is 11.1 Å². The number of nitriles is 1. The second-order valence-corrected chi connectivity index (χ2v) is 4.49. The zero-order chi connectivity index (χ0) is 14.0. The second-order valence-electron chi connectivity index (χ2n) is 4.49. The molecule has 2 rings (SSSR count). The van der Waals surface area contributed by atoms with Crippen LogP contribution in [0.4, 0.5) is 14.5 Å². The van der Waals surface area contributed by atoms with E-state index in [1.165, 1.54) is 0 Å². The van der Waals surface area contributed by atoms with Crippen molar-refractivity contribution in [1.29, 1.82) is 5.26 Å². The highest BCUT2D eigenvalue weighted by molar-refractivity contribution is 5.52. The maximum atomic E-state index is 13.7. The van der Waals surface area contributed by atoms with E-state index < -0.39 is 11.6 Å². The summed E-state index contributed by atoms with van der Waals surface area (Å²) in [5, 5.41) is 11.4. The van der Waals surface area contributed by atoms with Gasteiger partial charge < -0.3 is 15.8 Å². The summed E-state index contributed by atoms with van der Waals surface area (Å²) in [4.78, 5) is 0. The molecule has 0 spiro atoms. The summed E-state index contributed by atoms with van der Waals surface area (Å²) in [5.41, 5.74) is 5.49. The van der Waals surface area contributed by atoms with Crippen molar-refractivity contribution in [2.75, 3.05) is 11.9 Å². The highest BCUT2D eigenvalue weighted by atomic mass is 19.1. The van der Waals surface area contributed by atoms with E-state index in [-0.39, 0.29) is 29.4 Å². The van der Waals surface area contributed by atoms with Crippen molar-refractivity contribution in [2.24, 2.45) is 5.73 Å². The van der Waals surface area contributed by atoms with Crippen LogP contribution >= 0.6 is 0 Å². The largest absolute Gasteiger partial charge is 0.376 e. The Morgan fingerprint density at radius 3 is 2.58 bits per heavy atom. The summed E-state index contributed by atoms with van der Waals surface area (Å²) in [6.07, 6.45) is 0.514. The number of ether oxygens (including phenoxy) is 1. The van der Waals surface area contributed by atoms with Gasteiger partial charge in [-0.15, -0.1) is 0 Å². The number of nitrogens with two attached hydrogens (primary N) is 1. The lowest BCUT2D eigenvalue weighted by atomic mass is 9.83. The summed E-state index contributed by atoms with van der Waals surface area (Å²) in [5.74, 6) is -1.60. The van der Waals surface area contributed by atoms with Gasteiger partial charge in [0.1, 0.15) is 5.69 Å². The number of rotatable bonds is 4. The van der Waals surface area contributed by atoms with Gasteiger partial charge in [0.15, 0.2) is 11.6 Å². The molecule has 3 unspecified atom stereocenters. The van der Waals surface area contributed by atoms with Crippen molar-refractivity contribution >= 4 is 5.69 Å². The molecule has 1 aromatic carbocycles. The monoisotopic (exact) mass is 267 g/mol. The van der Waals surface area contributed by atoms with Crippen LogP contribution in [0.25, 0.3) is 0 Å². The Morgan fingerprint density at radius 2 is 2.11 bits per heavy atom. The van der Waals surface area contributed by atoms with E-state index >= 15 is 0 Å². The number of anilines is 1. The maximum Gasteiger partial charge on any atom is 0.150 e. The van der Waals surface area contributed by atoms with Crippen LogP contribution in [0.3, 0.4) is 0 Å². The average Bonchev–Trinajstić information content (AvgIpc) is 2.37. The molecule has 3 N–H and O–H groups in total. The number of nitrogens with zero attached hydrogens (tertiary/aromatic N) is 1. The summed E-state index contributed by atoms with van der Waals surface area (Å²) in [6, 6.07) is 3.16. The Balaban J connectivity index is 2.17. The smallest absolute Gasteiger partial charge is 0.150 e. The minimum atomic E-state index is -0.800. The third-order valence-corrected chi connectivity index (χ3v) is 3.23. The van der Waals surface area contributed by atoms with E-state index in [0.29, 0.717) is 13.0 Å². The number of halogens is 2. The average molecular weight is 267 g/mol. The van der Waals surface area contributed by atoms with Gasteiger partial charge in [0, 0.05) is 12.6 Å². The molecule has 1 aromatic rings. The molecule has 102 valence electrons. The molecular formula is C13H15F2N3O. The predicted molar refractivity (Wildman–Crippen MR) is 66.5 cm³/mol. The Hall–Kier alpha value is -1.71. The molecule has 6 heteroatoms.